The minimum absolute atomic E-state index is 0.0495. The molecule has 1 aromatic carbocycles. The van der Waals surface area contributed by atoms with Gasteiger partial charge in [0.1, 0.15) is 17.6 Å². The monoisotopic (exact) mass is 370 g/mol. The summed E-state index contributed by atoms with van der Waals surface area (Å²) in [6, 6.07) is 7.09. The smallest absolute Gasteiger partial charge is 0.240 e. The zero-order chi connectivity index (χ0) is 19.2. The van der Waals surface area contributed by atoms with E-state index < -0.39 is 6.04 Å². The Labute approximate surface area is 159 Å². The molecule has 1 aliphatic heterocycles. The molecule has 0 spiro atoms. The third kappa shape index (κ3) is 4.48. The number of imidazole rings is 1. The highest BCUT2D eigenvalue weighted by atomic mass is 16.5. The molecule has 2 heterocycles. The van der Waals surface area contributed by atoms with Crippen LogP contribution < -0.4 is 10.1 Å². The van der Waals surface area contributed by atoms with Crippen molar-refractivity contribution in [1.29, 1.82) is 0 Å². The molecule has 3 rings (SSSR count). The summed E-state index contributed by atoms with van der Waals surface area (Å²) in [5.41, 5.74) is 0.824. The van der Waals surface area contributed by atoms with Crippen LogP contribution in [-0.4, -0.2) is 46.5 Å². The van der Waals surface area contributed by atoms with E-state index in [4.69, 9.17) is 4.74 Å². The normalized spacial score (nSPS) is 15.9. The first-order chi connectivity index (χ1) is 13.1. The van der Waals surface area contributed by atoms with Crippen molar-refractivity contribution >= 4 is 11.8 Å². The predicted molar refractivity (Wildman–Crippen MR) is 101 cm³/mol. The van der Waals surface area contributed by atoms with E-state index in [9.17, 15) is 9.59 Å². The number of rotatable bonds is 6. The Morgan fingerprint density at radius 2 is 2.11 bits per heavy atom. The molecule has 7 heteroatoms. The molecular weight excluding hydrogens is 344 g/mol. The first-order valence-electron chi connectivity index (χ1n) is 9.27. The molecule has 1 fully saturated rings. The Bertz CT molecular complexity index is 802. The van der Waals surface area contributed by atoms with Gasteiger partial charge in [-0.2, -0.15) is 0 Å². The number of amides is 2. The second-order valence-corrected chi connectivity index (χ2v) is 6.76. The van der Waals surface area contributed by atoms with Gasteiger partial charge < -0.3 is 19.5 Å². The molecule has 2 amide bonds. The molecule has 1 N–H and O–H groups in total. The molecule has 1 aliphatic rings. The van der Waals surface area contributed by atoms with Crippen LogP contribution >= 0.6 is 0 Å². The highest BCUT2D eigenvalue weighted by Gasteiger charge is 2.26. The van der Waals surface area contributed by atoms with Crippen molar-refractivity contribution in [1.82, 2.24) is 19.8 Å². The minimum Gasteiger partial charge on any atom is -0.496 e. The lowest BCUT2D eigenvalue weighted by Crippen LogP contribution is -2.42. The molecule has 1 aromatic heterocycles. The SMILES string of the molecule is COc1ccccc1C(NC(=O)CN1CCCCCC1=O)c1nccn1C. The minimum atomic E-state index is -0.462. The maximum Gasteiger partial charge on any atom is 0.240 e. The van der Waals surface area contributed by atoms with E-state index in [0.717, 1.165) is 24.8 Å². The quantitative estimate of drug-likeness (QED) is 0.844. The lowest BCUT2D eigenvalue weighted by molar-refractivity contribution is -0.135. The average molecular weight is 370 g/mol. The number of hydrogen-bond acceptors (Lipinski definition) is 4. The van der Waals surface area contributed by atoms with E-state index in [0.29, 0.717) is 24.5 Å². The predicted octanol–water partition coefficient (Wildman–Crippen LogP) is 2.04. The molecule has 0 aliphatic carbocycles. The van der Waals surface area contributed by atoms with Gasteiger partial charge in [0.05, 0.1) is 13.7 Å². The van der Waals surface area contributed by atoms with Crippen molar-refractivity contribution in [2.75, 3.05) is 20.2 Å². The maximum absolute atomic E-state index is 12.8. The summed E-state index contributed by atoms with van der Waals surface area (Å²) in [5.74, 6) is 1.23. The number of ether oxygens (including phenoxy) is 1. The highest BCUT2D eigenvalue weighted by molar-refractivity contribution is 5.85. The highest BCUT2D eigenvalue weighted by Crippen LogP contribution is 2.29. The Kier molecular flexibility index (Phi) is 6.11. The van der Waals surface area contributed by atoms with Crippen LogP contribution in [0, 0.1) is 0 Å². The molecule has 1 atom stereocenters. The van der Waals surface area contributed by atoms with Gasteiger partial charge in [-0.05, 0) is 18.9 Å². The molecule has 7 nitrogen and oxygen atoms in total. The van der Waals surface area contributed by atoms with Crippen LogP contribution in [0.3, 0.4) is 0 Å². The van der Waals surface area contributed by atoms with E-state index in [1.165, 1.54) is 0 Å². The van der Waals surface area contributed by atoms with Crippen LogP contribution in [0.2, 0.25) is 0 Å². The van der Waals surface area contributed by atoms with Gasteiger partial charge in [-0.1, -0.05) is 24.6 Å². The van der Waals surface area contributed by atoms with Gasteiger partial charge in [0.25, 0.3) is 0 Å². The number of aryl methyl sites for hydroxylation is 1. The third-order valence-electron chi connectivity index (χ3n) is 4.88. The molecule has 0 radical (unpaired) electrons. The number of likely N-dealkylation sites (tertiary alicyclic amines) is 1. The van der Waals surface area contributed by atoms with Crippen molar-refractivity contribution in [2.45, 2.75) is 31.7 Å². The van der Waals surface area contributed by atoms with Gasteiger partial charge in [0.15, 0.2) is 0 Å². The number of carbonyl (C=O) groups is 2. The van der Waals surface area contributed by atoms with E-state index >= 15 is 0 Å². The van der Waals surface area contributed by atoms with Crippen LogP contribution in [0.1, 0.15) is 43.1 Å². The number of carbonyl (C=O) groups excluding carboxylic acids is 2. The first-order valence-corrected chi connectivity index (χ1v) is 9.27. The lowest BCUT2D eigenvalue weighted by atomic mass is 10.0. The summed E-state index contributed by atoms with van der Waals surface area (Å²) in [7, 11) is 3.49. The molecule has 1 saturated heterocycles. The van der Waals surface area contributed by atoms with E-state index in [2.05, 4.69) is 10.3 Å². The van der Waals surface area contributed by atoms with Gasteiger partial charge >= 0.3 is 0 Å². The summed E-state index contributed by atoms with van der Waals surface area (Å²) >= 11 is 0. The van der Waals surface area contributed by atoms with Crippen LogP contribution in [0.25, 0.3) is 0 Å². The third-order valence-corrected chi connectivity index (χ3v) is 4.88. The van der Waals surface area contributed by atoms with E-state index in [-0.39, 0.29) is 18.4 Å². The summed E-state index contributed by atoms with van der Waals surface area (Å²) in [6.45, 7) is 0.697. The largest absolute Gasteiger partial charge is 0.496 e. The summed E-state index contributed by atoms with van der Waals surface area (Å²) in [6.07, 6.45) is 6.91. The number of nitrogens with one attached hydrogen (secondary N) is 1. The molecular formula is C20H26N4O3. The Morgan fingerprint density at radius 1 is 1.30 bits per heavy atom. The zero-order valence-corrected chi connectivity index (χ0v) is 15.9. The topological polar surface area (TPSA) is 76.5 Å². The molecule has 0 bridgehead atoms. The summed E-state index contributed by atoms with van der Waals surface area (Å²) in [4.78, 5) is 31.0. The van der Waals surface area contributed by atoms with Crippen LogP contribution in [0.4, 0.5) is 0 Å². The maximum atomic E-state index is 12.8. The van der Waals surface area contributed by atoms with Gasteiger partial charge in [0.2, 0.25) is 11.8 Å². The first kappa shape index (κ1) is 18.9. The number of nitrogens with zero attached hydrogens (tertiary/aromatic N) is 3. The van der Waals surface area contributed by atoms with Crippen molar-refractivity contribution in [3.63, 3.8) is 0 Å². The number of benzene rings is 1. The Morgan fingerprint density at radius 3 is 2.85 bits per heavy atom. The summed E-state index contributed by atoms with van der Waals surface area (Å²) < 4.78 is 7.35. The van der Waals surface area contributed by atoms with Crippen molar-refractivity contribution in [3.8, 4) is 5.75 Å². The molecule has 2 aromatic rings. The fourth-order valence-electron chi connectivity index (χ4n) is 3.43. The average Bonchev–Trinajstić information content (AvgIpc) is 3.00. The fraction of sp³-hybridized carbons (Fsp3) is 0.450. The fourth-order valence-corrected chi connectivity index (χ4v) is 3.43. The second kappa shape index (κ2) is 8.70. The van der Waals surface area contributed by atoms with E-state index in [1.807, 2.05) is 42.1 Å². The second-order valence-electron chi connectivity index (χ2n) is 6.76. The standard InChI is InChI=1S/C20H26N4O3/c1-23-13-11-21-20(23)19(15-8-5-6-9-16(15)27-2)22-17(25)14-24-12-7-3-4-10-18(24)26/h5-6,8-9,11,13,19H,3-4,7,10,12,14H2,1-2H3,(H,22,25). The van der Waals surface area contributed by atoms with Crippen molar-refractivity contribution in [3.05, 3.63) is 48.0 Å². The van der Waals surface area contributed by atoms with Crippen LogP contribution in [0.5, 0.6) is 5.75 Å². The van der Waals surface area contributed by atoms with Crippen molar-refractivity contribution < 1.29 is 14.3 Å². The number of para-hydroxylation sites is 1. The van der Waals surface area contributed by atoms with Gasteiger partial charge in [-0.3, -0.25) is 9.59 Å². The Hall–Kier alpha value is -2.83. The zero-order valence-electron chi connectivity index (χ0n) is 15.9. The van der Waals surface area contributed by atoms with Crippen LogP contribution in [0.15, 0.2) is 36.7 Å². The molecule has 0 saturated carbocycles. The summed E-state index contributed by atoms with van der Waals surface area (Å²) in [5, 5.41) is 3.04. The van der Waals surface area contributed by atoms with Gasteiger partial charge in [-0.25, -0.2) is 4.98 Å². The van der Waals surface area contributed by atoms with Crippen molar-refractivity contribution in [2.24, 2.45) is 7.05 Å². The van der Waals surface area contributed by atoms with Gasteiger partial charge in [-0.15, -0.1) is 0 Å². The van der Waals surface area contributed by atoms with Gasteiger partial charge in [0, 0.05) is 38.0 Å². The lowest BCUT2D eigenvalue weighted by Gasteiger charge is -2.24. The number of hydrogen-bond donors (Lipinski definition) is 1. The molecule has 144 valence electrons. The molecule has 27 heavy (non-hydrogen) atoms. The Balaban J connectivity index is 1.82. The number of methoxy groups -OCH3 is 1. The molecule has 1 unspecified atom stereocenters. The van der Waals surface area contributed by atoms with Crippen LogP contribution in [-0.2, 0) is 16.6 Å². The number of aromatic nitrogens is 2. The van der Waals surface area contributed by atoms with E-state index in [1.54, 1.807) is 18.2 Å².